The highest BCUT2D eigenvalue weighted by Gasteiger charge is 2.14. The number of aromatic hydroxyl groups is 2. The second-order valence-electron chi connectivity index (χ2n) is 6.11. The number of allylic oxidation sites excluding steroid dienone is 1. The van der Waals surface area contributed by atoms with Crippen LogP contribution >= 0.6 is 11.3 Å². The zero-order valence-electron chi connectivity index (χ0n) is 14.3. The Morgan fingerprint density at radius 2 is 1.96 bits per heavy atom. The molecule has 2 aromatic carbocycles. The smallest absolute Gasteiger partial charge is 0.210 e. The van der Waals surface area contributed by atoms with Gasteiger partial charge >= 0.3 is 0 Å². The van der Waals surface area contributed by atoms with Crippen molar-refractivity contribution in [3.63, 3.8) is 0 Å². The van der Waals surface area contributed by atoms with Crippen molar-refractivity contribution in [2.45, 2.75) is 6.92 Å². The summed E-state index contributed by atoms with van der Waals surface area (Å²) in [5.74, 6) is 0.250. The van der Waals surface area contributed by atoms with E-state index in [0.29, 0.717) is 15.4 Å². The molecule has 0 bridgehead atoms. The van der Waals surface area contributed by atoms with Gasteiger partial charge < -0.3 is 10.2 Å². The lowest BCUT2D eigenvalue weighted by molar-refractivity contribution is 0.427. The Morgan fingerprint density at radius 3 is 2.77 bits per heavy atom. The summed E-state index contributed by atoms with van der Waals surface area (Å²) in [7, 11) is 1.74. The molecule has 4 rings (SSSR count). The molecule has 0 amide bonds. The standard InChI is InChI=1S/C20H17N3O2S/c1-12-7-8-16(17(24)9-12)22-20-23(2)19(25)18(26-20)10-13-11-21-15-6-4-3-5-14(13)15/h3-11,24-25H,1-2H3/b13-10+,22-20?. The third-order valence-electron chi connectivity index (χ3n) is 4.22. The minimum Gasteiger partial charge on any atom is -0.506 e. The third-order valence-corrected chi connectivity index (χ3v) is 5.29. The fraction of sp³-hybridized carbons (Fsp3) is 0.100. The summed E-state index contributed by atoms with van der Waals surface area (Å²) in [6.07, 6.45) is 3.70. The predicted octanol–water partition coefficient (Wildman–Crippen LogP) is 4.30. The molecule has 0 unspecified atom stereocenters. The minimum absolute atomic E-state index is 0.120. The molecule has 0 atom stereocenters. The lowest BCUT2D eigenvalue weighted by atomic mass is 10.1. The molecule has 0 aliphatic carbocycles. The van der Waals surface area contributed by atoms with Crippen LogP contribution in [0.3, 0.4) is 0 Å². The number of aliphatic imine (C=N–C) groups is 1. The first-order chi connectivity index (χ1) is 12.5. The Kier molecular flexibility index (Phi) is 3.97. The first-order valence-corrected chi connectivity index (χ1v) is 8.93. The second kappa shape index (κ2) is 6.31. The average Bonchev–Trinajstić information content (AvgIpc) is 3.15. The molecule has 2 N–H and O–H groups in total. The lowest BCUT2D eigenvalue weighted by Crippen LogP contribution is -2.08. The number of thiazole rings is 1. The molecule has 0 spiro atoms. The number of rotatable bonds is 2. The van der Waals surface area contributed by atoms with E-state index in [1.54, 1.807) is 30.0 Å². The van der Waals surface area contributed by atoms with Gasteiger partial charge in [0.05, 0.1) is 10.6 Å². The molecule has 3 aromatic rings. The molecular weight excluding hydrogens is 346 g/mol. The van der Waals surface area contributed by atoms with E-state index in [0.717, 1.165) is 22.4 Å². The molecule has 2 heterocycles. The molecule has 0 fully saturated rings. The van der Waals surface area contributed by atoms with Gasteiger partial charge in [0.15, 0.2) is 4.80 Å². The Balaban J connectivity index is 1.79. The van der Waals surface area contributed by atoms with Crippen molar-refractivity contribution in [1.82, 2.24) is 4.57 Å². The number of fused-ring (bicyclic) bond motifs is 1. The number of aromatic nitrogens is 1. The van der Waals surface area contributed by atoms with Crippen molar-refractivity contribution in [1.29, 1.82) is 0 Å². The van der Waals surface area contributed by atoms with Gasteiger partial charge in [0.2, 0.25) is 5.88 Å². The van der Waals surface area contributed by atoms with Crippen LogP contribution in [0.4, 0.5) is 11.4 Å². The van der Waals surface area contributed by atoms with E-state index in [-0.39, 0.29) is 11.6 Å². The summed E-state index contributed by atoms with van der Waals surface area (Å²) in [6.45, 7) is 1.91. The Bertz CT molecular complexity index is 1140. The first-order valence-electron chi connectivity index (χ1n) is 8.11. The van der Waals surface area contributed by atoms with E-state index >= 15 is 0 Å². The summed E-state index contributed by atoms with van der Waals surface area (Å²) < 4.78 is 1.61. The Labute approximate surface area is 154 Å². The van der Waals surface area contributed by atoms with Gasteiger partial charge in [-0.15, -0.1) is 0 Å². The molecule has 1 aliphatic rings. The minimum atomic E-state index is 0.120. The van der Waals surface area contributed by atoms with Gasteiger partial charge in [-0.25, -0.2) is 4.99 Å². The fourth-order valence-electron chi connectivity index (χ4n) is 2.79. The maximum atomic E-state index is 10.5. The van der Waals surface area contributed by atoms with Gasteiger partial charge in [0, 0.05) is 24.4 Å². The van der Waals surface area contributed by atoms with E-state index < -0.39 is 0 Å². The molecule has 0 saturated heterocycles. The summed E-state index contributed by atoms with van der Waals surface area (Å²) in [5.41, 5.74) is 4.35. The highest BCUT2D eigenvalue weighted by atomic mass is 32.1. The fourth-order valence-corrected chi connectivity index (χ4v) is 3.76. The summed E-state index contributed by atoms with van der Waals surface area (Å²) in [4.78, 5) is 10.2. The quantitative estimate of drug-likeness (QED) is 0.713. The zero-order chi connectivity index (χ0) is 18.3. The van der Waals surface area contributed by atoms with Crippen molar-refractivity contribution in [3.05, 3.63) is 63.3 Å². The summed E-state index contributed by atoms with van der Waals surface area (Å²) in [6, 6.07) is 13.2. The van der Waals surface area contributed by atoms with Gasteiger partial charge in [-0.2, -0.15) is 0 Å². The lowest BCUT2D eigenvalue weighted by Gasteiger charge is -2.00. The van der Waals surface area contributed by atoms with Gasteiger partial charge in [-0.1, -0.05) is 35.6 Å². The average molecular weight is 363 g/mol. The number of phenolic OH excluding ortho intramolecular Hbond substituents is 1. The number of hydrogen-bond acceptors (Lipinski definition) is 5. The number of phenols is 1. The largest absolute Gasteiger partial charge is 0.506 e. The van der Waals surface area contributed by atoms with Crippen LogP contribution in [-0.4, -0.2) is 21.0 Å². The molecule has 26 heavy (non-hydrogen) atoms. The number of aryl methyl sites for hydroxylation is 1. The van der Waals surface area contributed by atoms with Crippen LogP contribution in [0.5, 0.6) is 11.6 Å². The van der Waals surface area contributed by atoms with E-state index in [9.17, 15) is 10.2 Å². The maximum Gasteiger partial charge on any atom is 0.210 e. The molecule has 5 nitrogen and oxygen atoms in total. The number of benzene rings is 2. The number of hydrogen-bond donors (Lipinski definition) is 2. The zero-order valence-corrected chi connectivity index (χ0v) is 15.2. The van der Waals surface area contributed by atoms with E-state index in [1.165, 1.54) is 11.3 Å². The maximum absolute atomic E-state index is 10.5. The first kappa shape index (κ1) is 16.4. The van der Waals surface area contributed by atoms with Crippen LogP contribution in [-0.2, 0) is 7.05 Å². The van der Waals surface area contributed by atoms with Crippen LogP contribution in [0.25, 0.3) is 11.6 Å². The summed E-state index contributed by atoms with van der Waals surface area (Å²) in [5, 5.41) is 20.5. The topological polar surface area (TPSA) is 70.1 Å². The third kappa shape index (κ3) is 2.84. The SMILES string of the molecule is Cc1ccc(N=c2sc(/C=C3\C=Nc4ccccc43)c(O)n2C)c(O)c1. The number of nitrogens with zero attached hydrogens (tertiary/aromatic N) is 3. The second-order valence-corrected chi connectivity index (χ2v) is 7.12. The van der Waals surface area contributed by atoms with Gasteiger partial charge in [0.1, 0.15) is 11.4 Å². The number of para-hydroxylation sites is 1. The molecule has 130 valence electrons. The molecule has 0 radical (unpaired) electrons. The van der Waals surface area contributed by atoms with E-state index in [2.05, 4.69) is 9.98 Å². The van der Waals surface area contributed by atoms with Crippen LogP contribution in [0, 0.1) is 6.92 Å². The van der Waals surface area contributed by atoms with Crippen LogP contribution in [0.1, 0.15) is 16.0 Å². The highest BCUT2D eigenvalue weighted by Crippen LogP contribution is 2.34. The normalized spacial score (nSPS) is 15.0. The van der Waals surface area contributed by atoms with Crippen molar-refractivity contribution < 1.29 is 10.2 Å². The van der Waals surface area contributed by atoms with Crippen LogP contribution in [0.2, 0.25) is 0 Å². The Hall–Kier alpha value is -3.12. The highest BCUT2D eigenvalue weighted by molar-refractivity contribution is 7.10. The van der Waals surface area contributed by atoms with Gasteiger partial charge in [-0.05, 0) is 36.8 Å². The van der Waals surface area contributed by atoms with Crippen molar-refractivity contribution in [2.75, 3.05) is 0 Å². The van der Waals surface area contributed by atoms with E-state index in [4.69, 9.17) is 0 Å². The predicted molar refractivity (Wildman–Crippen MR) is 105 cm³/mol. The van der Waals surface area contributed by atoms with Gasteiger partial charge in [0.25, 0.3) is 0 Å². The molecule has 1 aromatic heterocycles. The molecular formula is C20H17N3O2S. The van der Waals surface area contributed by atoms with Crippen LogP contribution < -0.4 is 4.80 Å². The van der Waals surface area contributed by atoms with Crippen molar-refractivity contribution >= 4 is 40.6 Å². The monoisotopic (exact) mass is 363 g/mol. The van der Waals surface area contributed by atoms with Gasteiger partial charge in [-0.3, -0.25) is 9.56 Å². The van der Waals surface area contributed by atoms with Crippen LogP contribution in [0.15, 0.2) is 52.4 Å². The van der Waals surface area contributed by atoms with Crippen molar-refractivity contribution in [3.8, 4) is 11.6 Å². The van der Waals surface area contributed by atoms with Crippen molar-refractivity contribution in [2.24, 2.45) is 17.0 Å². The molecule has 1 aliphatic heterocycles. The Morgan fingerprint density at radius 1 is 1.15 bits per heavy atom. The molecule has 0 saturated carbocycles. The van der Waals surface area contributed by atoms with E-state index in [1.807, 2.05) is 43.3 Å². The molecule has 6 heteroatoms. The summed E-state index contributed by atoms with van der Waals surface area (Å²) >= 11 is 1.35.